The van der Waals surface area contributed by atoms with Gasteiger partial charge in [0.1, 0.15) is 17.3 Å². The van der Waals surface area contributed by atoms with E-state index in [2.05, 4.69) is 20.8 Å². The molecule has 0 aliphatic rings. The van der Waals surface area contributed by atoms with Crippen LogP contribution < -0.4 is 10.5 Å². The average molecular weight is 267 g/mol. The van der Waals surface area contributed by atoms with E-state index in [1.807, 2.05) is 24.3 Å². The van der Waals surface area contributed by atoms with Crippen LogP contribution in [0.2, 0.25) is 0 Å². The zero-order valence-corrected chi connectivity index (χ0v) is 12.0. The maximum atomic E-state index is 5.70. The highest BCUT2D eigenvalue weighted by Gasteiger charge is 2.14. The molecule has 0 unspecified atom stereocenters. The van der Waals surface area contributed by atoms with Crippen LogP contribution in [0.15, 0.2) is 24.3 Å². The predicted molar refractivity (Wildman–Crippen MR) is 78.1 cm³/mol. The molecular weight excluding hydrogens is 246 g/mol. The van der Waals surface area contributed by atoms with Crippen LogP contribution in [0.25, 0.3) is 0 Å². The first kappa shape index (κ1) is 14.9. The minimum Gasteiger partial charge on any atom is -0.491 e. The van der Waals surface area contributed by atoms with Crippen LogP contribution in [0.3, 0.4) is 0 Å². The molecule has 0 amide bonds. The van der Waals surface area contributed by atoms with Crippen molar-refractivity contribution in [3.05, 3.63) is 29.8 Å². The molecule has 100 valence electrons. The maximum Gasteiger partial charge on any atom is 0.119 e. The van der Waals surface area contributed by atoms with Gasteiger partial charge in [-0.05, 0) is 44.5 Å². The van der Waals surface area contributed by atoms with Crippen molar-refractivity contribution >= 4 is 17.2 Å². The summed E-state index contributed by atoms with van der Waals surface area (Å²) in [5.74, 6) is 0.799. The zero-order chi connectivity index (χ0) is 13.6. The second-order valence-corrected chi connectivity index (χ2v) is 5.14. The normalized spacial score (nSPS) is 11.3. The van der Waals surface area contributed by atoms with Gasteiger partial charge in [0.25, 0.3) is 0 Å². The van der Waals surface area contributed by atoms with E-state index >= 15 is 0 Å². The first-order valence-corrected chi connectivity index (χ1v) is 6.52. The van der Waals surface area contributed by atoms with E-state index in [0.717, 1.165) is 17.7 Å². The van der Waals surface area contributed by atoms with E-state index < -0.39 is 0 Å². The van der Waals surface area contributed by atoms with Crippen molar-refractivity contribution in [2.75, 3.05) is 13.2 Å². The smallest absolute Gasteiger partial charge is 0.119 e. The van der Waals surface area contributed by atoms with Gasteiger partial charge in [-0.1, -0.05) is 19.1 Å². The van der Waals surface area contributed by atoms with Crippen LogP contribution in [0, 0.1) is 0 Å². The highest BCUT2D eigenvalue weighted by atomic mass is 32.1. The Morgan fingerprint density at radius 1 is 1.22 bits per heavy atom. The lowest BCUT2D eigenvalue weighted by molar-refractivity contribution is -0.0317. The molecule has 0 aromatic heterocycles. The minimum absolute atomic E-state index is 0.0844. The fraction of sp³-hybridized carbons (Fsp3) is 0.500. The molecule has 1 aromatic carbocycles. The second kappa shape index (κ2) is 6.71. The van der Waals surface area contributed by atoms with Gasteiger partial charge >= 0.3 is 0 Å². The lowest BCUT2D eigenvalue weighted by atomic mass is 10.1. The van der Waals surface area contributed by atoms with E-state index in [4.69, 9.17) is 27.4 Å². The van der Waals surface area contributed by atoms with Crippen molar-refractivity contribution in [3.63, 3.8) is 0 Å². The molecule has 18 heavy (non-hydrogen) atoms. The highest BCUT2D eigenvalue weighted by molar-refractivity contribution is 7.80. The van der Waals surface area contributed by atoms with Crippen LogP contribution in [0.1, 0.15) is 32.8 Å². The molecule has 0 fully saturated rings. The summed E-state index contributed by atoms with van der Waals surface area (Å²) in [6.07, 6.45) is 0.982. The fourth-order valence-electron chi connectivity index (χ4n) is 1.29. The molecule has 0 spiro atoms. The summed E-state index contributed by atoms with van der Waals surface area (Å²) in [4.78, 5) is 0.398. The van der Waals surface area contributed by atoms with Crippen LogP contribution in [0.4, 0.5) is 0 Å². The Labute approximate surface area is 114 Å². The van der Waals surface area contributed by atoms with Gasteiger partial charge in [0, 0.05) is 5.56 Å². The van der Waals surface area contributed by atoms with Crippen molar-refractivity contribution in [1.29, 1.82) is 0 Å². The van der Waals surface area contributed by atoms with E-state index in [1.54, 1.807) is 0 Å². The standard InChI is InChI=1S/C14H21NO2S/c1-4-14(2,3)17-10-9-16-12-7-5-11(6-8-12)13(15)18/h5-8H,4,9-10H2,1-3H3,(H2,15,18). The Hall–Kier alpha value is -1.13. The number of rotatable bonds is 7. The molecule has 0 aliphatic carbocycles. The largest absolute Gasteiger partial charge is 0.491 e. The summed E-state index contributed by atoms with van der Waals surface area (Å²) in [6, 6.07) is 7.43. The van der Waals surface area contributed by atoms with Crippen molar-refractivity contribution < 1.29 is 9.47 Å². The van der Waals surface area contributed by atoms with Crippen molar-refractivity contribution in [1.82, 2.24) is 0 Å². The summed E-state index contributed by atoms with van der Waals surface area (Å²) in [5.41, 5.74) is 6.28. The van der Waals surface area contributed by atoms with E-state index in [1.165, 1.54) is 0 Å². The predicted octanol–water partition coefficient (Wildman–Crippen LogP) is 2.90. The quantitative estimate of drug-likeness (QED) is 0.609. The van der Waals surface area contributed by atoms with Crippen LogP contribution in [0.5, 0.6) is 5.75 Å². The monoisotopic (exact) mass is 267 g/mol. The molecule has 1 rings (SSSR count). The van der Waals surface area contributed by atoms with E-state index in [0.29, 0.717) is 18.2 Å². The molecule has 0 saturated heterocycles. The molecule has 2 N–H and O–H groups in total. The first-order chi connectivity index (χ1) is 8.44. The van der Waals surface area contributed by atoms with Crippen LogP contribution >= 0.6 is 12.2 Å². The van der Waals surface area contributed by atoms with Crippen molar-refractivity contribution in [2.24, 2.45) is 5.73 Å². The molecule has 3 nitrogen and oxygen atoms in total. The SMILES string of the molecule is CCC(C)(C)OCCOc1ccc(C(N)=S)cc1. The number of hydrogen-bond donors (Lipinski definition) is 1. The molecular formula is C14H21NO2S. The van der Waals surface area contributed by atoms with Gasteiger partial charge in [0.15, 0.2) is 0 Å². The number of thiocarbonyl (C=S) groups is 1. The summed E-state index contributed by atoms with van der Waals surface area (Å²) in [5, 5.41) is 0. The van der Waals surface area contributed by atoms with Gasteiger partial charge in [-0.25, -0.2) is 0 Å². The third-order valence-corrected chi connectivity index (χ3v) is 3.07. The van der Waals surface area contributed by atoms with Crippen LogP contribution in [-0.2, 0) is 4.74 Å². The second-order valence-electron chi connectivity index (χ2n) is 4.70. The van der Waals surface area contributed by atoms with Crippen LogP contribution in [-0.4, -0.2) is 23.8 Å². The Morgan fingerprint density at radius 3 is 2.33 bits per heavy atom. The van der Waals surface area contributed by atoms with E-state index in [-0.39, 0.29) is 5.60 Å². The van der Waals surface area contributed by atoms with Gasteiger partial charge < -0.3 is 15.2 Å². The molecule has 1 aromatic rings. The number of ether oxygens (including phenoxy) is 2. The third-order valence-electron chi connectivity index (χ3n) is 2.84. The van der Waals surface area contributed by atoms with Gasteiger partial charge in [0.05, 0.1) is 12.2 Å². The molecule has 0 bridgehead atoms. The number of nitrogens with two attached hydrogens (primary N) is 1. The van der Waals surface area contributed by atoms with Gasteiger partial charge in [0.2, 0.25) is 0 Å². The Balaban J connectivity index is 2.34. The summed E-state index contributed by atoms with van der Waals surface area (Å²) in [7, 11) is 0. The Bertz CT molecular complexity index is 387. The molecule has 4 heteroatoms. The summed E-state index contributed by atoms with van der Waals surface area (Å²) in [6.45, 7) is 7.37. The van der Waals surface area contributed by atoms with Gasteiger partial charge in [-0.15, -0.1) is 0 Å². The Morgan fingerprint density at radius 2 is 1.83 bits per heavy atom. The molecule has 0 saturated carbocycles. The minimum atomic E-state index is -0.0844. The summed E-state index contributed by atoms with van der Waals surface area (Å²) >= 11 is 4.88. The van der Waals surface area contributed by atoms with Gasteiger partial charge in [-0.2, -0.15) is 0 Å². The first-order valence-electron chi connectivity index (χ1n) is 6.11. The molecule has 0 atom stereocenters. The lowest BCUT2D eigenvalue weighted by Gasteiger charge is -2.23. The third kappa shape index (κ3) is 5.02. The fourth-order valence-corrected chi connectivity index (χ4v) is 1.43. The van der Waals surface area contributed by atoms with Gasteiger partial charge in [-0.3, -0.25) is 0 Å². The zero-order valence-electron chi connectivity index (χ0n) is 11.2. The molecule has 0 radical (unpaired) electrons. The highest BCUT2D eigenvalue weighted by Crippen LogP contribution is 2.14. The number of benzene rings is 1. The molecule has 0 aliphatic heterocycles. The maximum absolute atomic E-state index is 5.70. The summed E-state index contributed by atoms with van der Waals surface area (Å²) < 4.78 is 11.3. The topological polar surface area (TPSA) is 44.5 Å². The lowest BCUT2D eigenvalue weighted by Crippen LogP contribution is -2.25. The Kier molecular flexibility index (Phi) is 5.56. The molecule has 0 heterocycles. The number of hydrogen-bond acceptors (Lipinski definition) is 3. The van der Waals surface area contributed by atoms with Crippen molar-refractivity contribution in [2.45, 2.75) is 32.8 Å². The van der Waals surface area contributed by atoms with Crippen molar-refractivity contribution in [3.8, 4) is 5.75 Å². The average Bonchev–Trinajstić information content (AvgIpc) is 2.35. The van der Waals surface area contributed by atoms with E-state index in [9.17, 15) is 0 Å².